The van der Waals surface area contributed by atoms with Crippen molar-refractivity contribution in [3.8, 4) is 0 Å². The molecular weight excluding hydrogens is 314 g/mol. The van der Waals surface area contributed by atoms with Crippen LogP contribution < -0.4 is 0 Å². The minimum atomic E-state index is -3.16. The zero-order valence-electron chi connectivity index (χ0n) is 9.45. The van der Waals surface area contributed by atoms with Crippen molar-refractivity contribution in [3.05, 3.63) is 35.4 Å². The van der Waals surface area contributed by atoms with Gasteiger partial charge in [0.15, 0.2) is 21.5 Å². The lowest BCUT2D eigenvalue weighted by Gasteiger charge is -2.16. The number of hydrogen-bond donors (Lipinski definition) is 0. The van der Waals surface area contributed by atoms with Crippen LogP contribution in [0.1, 0.15) is 12.5 Å². The van der Waals surface area contributed by atoms with E-state index in [1.54, 1.807) is 6.92 Å². The van der Waals surface area contributed by atoms with E-state index in [0.717, 1.165) is 18.4 Å². The van der Waals surface area contributed by atoms with Crippen LogP contribution in [-0.2, 0) is 16.3 Å². The van der Waals surface area contributed by atoms with Gasteiger partial charge in [0.2, 0.25) is 0 Å². The molecule has 0 N–H and O–H groups in total. The Labute approximate surface area is 108 Å². The van der Waals surface area contributed by atoms with Gasteiger partial charge in [0.25, 0.3) is 0 Å². The Bertz CT molecular complexity index is 502. The van der Waals surface area contributed by atoms with E-state index in [-0.39, 0.29) is 4.83 Å². The Balaban J connectivity index is 2.81. The van der Waals surface area contributed by atoms with Crippen LogP contribution in [0.15, 0.2) is 18.2 Å². The lowest BCUT2D eigenvalue weighted by Crippen LogP contribution is -2.27. The van der Waals surface area contributed by atoms with E-state index in [4.69, 9.17) is 0 Å². The number of sulfone groups is 1. The number of rotatable bonds is 4. The smallest absolute Gasteiger partial charge is 0.159 e. The van der Waals surface area contributed by atoms with Crippen LogP contribution in [0.5, 0.6) is 0 Å². The molecule has 1 aromatic rings. The van der Waals surface area contributed by atoms with Crippen molar-refractivity contribution in [2.24, 2.45) is 0 Å². The van der Waals surface area contributed by atoms with Crippen molar-refractivity contribution in [1.29, 1.82) is 0 Å². The maximum absolute atomic E-state index is 13.0. The van der Waals surface area contributed by atoms with Crippen molar-refractivity contribution < 1.29 is 17.2 Å². The average molecular weight is 327 g/mol. The van der Waals surface area contributed by atoms with Crippen molar-refractivity contribution in [3.63, 3.8) is 0 Å². The van der Waals surface area contributed by atoms with E-state index in [0.29, 0.717) is 12.0 Å². The zero-order valence-corrected chi connectivity index (χ0v) is 11.9. The van der Waals surface area contributed by atoms with Crippen molar-refractivity contribution in [2.45, 2.75) is 23.4 Å². The first-order valence-corrected chi connectivity index (χ1v) is 7.85. The molecule has 0 aliphatic rings. The molecule has 6 heteroatoms. The second-order valence-electron chi connectivity index (χ2n) is 4.00. The summed E-state index contributed by atoms with van der Waals surface area (Å²) in [6.45, 7) is 1.58. The molecule has 0 amide bonds. The van der Waals surface area contributed by atoms with E-state index in [2.05, 4.69) is 15.9 Å². The Hall–Kier alpha value is -0.490. The molecule has 1 aromatic carbocycles. The molecule has 0 radical (unpaired) electrons. The van der Waals surface area contributed by atoms with Gasteiger partial charge >= 0.3 is 0 Å². The summed E-state index contributed by atoms with van der Waals surface area (Å²) < 4.78 is 48.3. The fourth-order valence-corrected chi connectivity index (χ4v) is 3.51. The topological polar surface area (TPSA) is 34.1 Å². The van der Waals surface area contributed by atoms with Gasteiger partial charge in [-0.3, -0.25) is 0 Å². The molecule has 0 aliphatic carbocycles. The summed E-state index contributed by atoms with van der Waals surface area (Å²) in [7, 11) is -3.16. The monoisotopic (exact) mass is 326 g/mol. The van der Waals surface area contributed by atoms with Crippen LogP contribution in [0.25, 0.3) is 0 Å². The average Bonchev–Trinajstić information content (AvgIpc) is 2.21. The molecule has 0 saturated carbocycles. The summed E-state index contributed by atoms with van der Waals surface area (Å²) >= 11 is 3.26. The Morgan fingerprint density at radius 2 is 1.88 bits per heavy atom. The quantitative estimate of drug-likeness (QED) is 0.797. The number of alkyl halides is 1. The van der Waals surface area contributed by atoms with Crippen LogP contribution in [0.2, 0.25) is 0 Å². The number of hydrogen-bond acceptors (Lipinski definition) is 2. The third-order valence-electron chi connectivity index (χ3n) is 2.60. The van der Waals surface area contributed by atoms with Gasteiger partial charge in [-0.2, -0.15) is 0 Å². The molecule has 0 spiro atoms. The van der Waals surface area contributed by atoms with Gasteiger partial charge in [-0.05, 0) is 31.0 Å². The first kappa shape index (κ1) is 14.6. The molecular formula is C11H13BrF2O2S. The highest BCUT2D eigenvalue weighted by Gasteiger charge is 2.24. The molecule has 0 aliphatic heterocycles. The number of benzene rings is 1. The van der Waals surface area contributed by atoms with Crippen LogP contribution in [0, 0.1) is 11.6 Å². The van der Waals surface area contributed by atoms with E-state index >= 15 is 0 Å². The summed E-state index contributed by atoms with van der Waals surface area (Å²) in [6.07, 6.45) is 1.47. The minimum absolute atomic E-state index is 0.325. The summed E-state index contributed by atoms with van der Waals surface area (Å²) in [5.41, 5.74) is 0.557. The standard InChI is InChI=1S/C11H13BrF2O2S/c1-7(17(2,15)16)9(12)5-8-3-4-10(13)11(14)6-8/h3-4,6-7,9H,5H2,1-2H3. The lowest BCUT2D eigenvalue weighted by molar-refractivity contribution is 0.507. The van der Waals surface area contributed by atoms with Gasteiger partial charge in [-0.15, -0.1) is 0 Å². The molecule has 96 valence electrons. The second-order valence-corrected chi connectivity index (χ2v) is 7.58. The largest absolute Gasteiger partial charge is 0.229 e. The minimum Gasteiger partial charge on any atom is -0.229 e. The van der Waals surface area contributed by atoms with Gasteiger partial charge in [-0.1, -0.05) is 22.0 Å². The Morgan fingerprint density at radius 1 is 1.29 bits per heavy atom. The van der Waals surface area contributed by atoms with E-state index < -0.39 is 26.7 Å². The van der Waals surface area contributed by atoms with Crippen LogP contribution >= 0.6 is 15.9 Å². The van der Waals surface area contributed by atoms with Crippen molar-refractivity contribution >= 4 is 25.8 Å². The summed E-state index contributed by atoms with van der Waals surface area (Å²) in [5.74, 6) is -1.83. The highest BCUT2D eigenvalue weighted by Crippen LogP contribution is 2.19. The third kappa shape index (κ3) is 4.03. The van der Waals surface area contributed by atoms with Crippen LogP contribution in [0.4, 0.5) is 8.78 Å². The predicted molar refractivity (Wildman–Crippen MR) is 67.1 cm³/mol. The van der Waals surface area contributed by atoms with E-state index in [1.807, 2.05) is 0 Å². The third-order valence-corrected chi connectivity index (χ3v) is 5.75. The maximum Gasteiger partial charge on any atom is 0.159 e. The summed E-state index contributed by atoms with van der Waals surface area (Å²) in [5, 5.41) is -0.587. The Morgan fingerprint density at radius 3 is 2.35 bits per heavy atom. The van der Waals surface area contributed by atoms with Gasteiger partial charge in [-0.25, -0.2) is 17.2 Å². The molecule has 2 atom stereocenters. The van der Waals surface area contributed by atoms with Gasteiger partial charge in [0.05, 0.1) is 5.25 Å². The molecule has 0 aromatic heterocycles. The fourth-order valence-electron chi connectivity index (χ4n) is 1.33. The molecule has 0 saturated heterocycles. The van der Waals surface area contributed by atoms with Crippen LogP contribution in [0.3, 0.4) is 0 Å². The maximum atomic E-state index is 13.0. The van der Waals surface area contributed by atoms with E-state index in [1.165, 1.54) is 6.07 Å². The zero-order chi connectivity index (χ0) is 13.2. The Kier molecular flexibility index (Phi) is 4.66. The fraction of sp³-hybridized carbons (Fsp3) is 0.455. The first-order valence-electron chi connectivity index (χ1n) is 4.98. The highest BCUT2D eigenvalue weighted by molar-refractivity contribution is 9.09. The normalized spacial score (nSPS) is 15.6. The van der Waals surface area contributed by atoms with Crippen molar-refractivity contribution in [2.75, 3.05) is 6.26 Å². The summed E-state index contributed by atoms with van der Waals surface area (Å²) in [4.78, 5) is -0.331. The van der Waals surface area contributed by atoms with Gasteiger partial charge in [0, 0.05) is 11.1 Å². The first-order chi connectivity index (χ1) is 7.71. The molecule has 2 nitrogen and oxygen atoms in total. The molecule has 17 heavy (non-hydrogen) atoms. The predicted octanol–water partition coefficient (Wildman–Crippen LogP) is 2.70. The highest BCUT2D eigenvalue weighted by atomic mass is 79.9. The number of halogens is 3. The lowest BCUT2D eigenvalue weighted by atomic mass is 10.1. The van der Waals surface area contributed by atoms with Gasteiger partial charge in [0.1, 0.15) is 0 Å². The SMILES string of the molecule is CC(C(Br)Cc1ccc(F)c(F)c1)S(C)(=O)=O. The van der Waals surface area contributed by atoms with Crippen molar-refractivity contribution in [1.82, 2.24) is 0 Å². The molecule has 0 fully saturated rings. The van der Waals surface area contributed by atoms with Crippen LogP contribution in [-0.4, -0.2) is 24.8 Å². The molecule has 1 rings (SSSR count). The van der Waals surface area contributed by atoms with Gasteiger partial charge < -0.3 is 0 Å². The second kappa shape index (κ2) is 5.44. The molecule has 0 bridgehead atoms. The van der Waals surface area contributed by atoms with E-state index in [9.17, 15) is 17.2 Å². The summed E-state index contributed by atoms with van der Waals surface area (Å²) in [6, 6.07) is 3.57. The molecule has 2 unspecified atom stereocenters. The molecule has 0 heterocycles.